The number of aliphatic hydroxyl groups is 1. The van der Waals surface area contributed by atoms with E-state index in [0.29, 0.717) is 19.3 Å². The quantitative estimate of drug-likeness (QED) is 0.724. The van der Waals surface area contributed by atoms with Gasteiger partial charge in [-0.2, -0.15) is 0 Å². The van der Waals surface area contributed by atoms with Crippen molar-refractivity contribution >= 4 is 6.29 Å². The standard InChI is InChI=1S/C13H23NO3/c15-7-4-12-3-1-2-6-14(12)9-13(10-16)5-8-17-11-13/h10,12,15H,1-9,11H2. The normalized spacial score (nSPS) is 35.0. The van der Waals surface area contributed by atoms with Crippen molar-refractivity contribution in [2.45, 2.75) is 38.1 Å². The SMILES string of the molecule is O=CC1(CN2CCCCC2CCO)CCOC1. The third-order valence-corrected chi connectivity index (χ3v) is 4.11. The van der Waals surface area contributed by atoms with E-state index in [1.165, 1.54) is 12.8 Å². The number of nitrogens with zero attached hydrogens (tertiary/aromatic N) is 1. The molecule has 2 heterocycles. The van der Waals surface area contributed by atoms with Crippen molar-refractivity contribution in [1.82, 2.24) is 4.90 Å². The summed E-state index contributed by atoms with van der Waals surface area (Å²) in [5.41, 5.74) is -0.287. The third kappa shape index (κ3) is 3.06. The number of carbonyl (C=O) groups is 1. The first kappa shape index (κ1) is 13.0. The fourth-order valence-electron chi connectivity index (χ4n) is 3.03. The first-order valence-electron chi connectivity index (χ1n) is 6.69. The first-order valence-corrected chi connectivity index (χ1v) is 6.69. The summed E-state index contributed by atoms with van der Waals surface area (Å²) in [6, 6.07) is 0.450. The van der Waals surface area contributed by atoms with Crippen LogP contribution in [0.25, 0.3) is 0 Å². The van der Waals surface area contributed by atoms with E-state index >= 15 is 0 Å². The van der Waals surface area contributed by atoms with Crippen LogP contribution in [0.2, 0.25) is 0 Å². The molecule has 2 unspecified atom stereocenters. The molecular weight excluding hydrogens is 218 g/mol. The van der Waals surface area contributed by atoms with E-state index in [9.17, 15) is 4.79 Å². The van der Waals surface area contributed by atoms with Gasteiger partial charge in [0.1, 0.15) is 6.29 Å². The number of likely N-dealkylation sites (tertiary alicyclic amines) is 1. The number of carbonyl (C=O) groups excluding carboxylic acids is 1. The van der Waals surface area contributed by atoms with Gasteiger partial charge in [0, 0.05) is 25.8 Å². The number of aldehydes is 1. The molecule has 0 spiro atoms. The van der Waals surface area contributed by atoms with Crippen molar-refractivity contribution in [3.63, 3.8) is 0 Å². The summed E-state index contributed by atoms with van der Waals surface area (Å²) >= 11 is 0. The Morgan fingerprint density at radius 3 is 3.00 bits per heavy atom. The molecule has 0 aliphatic carbocycles. The molecule has 2 aliphatic heterocycles. The fraction of sp³-hybridized carbons (Fsp3) is 0.923. The van der Waals surface area contributed by atoms with Gasteiger partial charge in [-0.1, -0.05) is 6.42 Å². The van der Waals surface area contributed by atoms with Gasteiger partial charge in [0.2, 0.25) is 0 Å². The molecule has 0 aromatic carbocycles. The number of aliphatic hydroxyl groups excluding tert-OH is 1. The Kier molecular flexibility index (Phi) is 4.54. The van der Waals surface area contributed by atoms with Gasteiger partial charge in [-0.05, 0) is 32.2 Å². The van der Waals surface area contributed by atoms with E-state index in [-0.39, 0.29) is 12.0 Å². The van der Waals surface area contributed by atoms with E-state index in [1.807, 2.05) is 0 Å². The summed E-state index contributed by atoms with van der Waals surface area (Å²) in [7, 11) is 0. The maximum absolute atomic E-state index is 11.3. The molecule has 2 atom stereocenters. The lowest BCUT2D eigenvalue weighted by atomic mass is 9.86. The number of hydrogen-bond acceptors (Lipinski definition) is 4. The van der Waals surface area contributed by atoms with Gasteiger partial charge in [-0.25, -0.2) is 0 Å². The number of hydrogen-bond donors (Lipinski definition) is 1. The van der Waals surface area contributed by atoms with Gasteiger partial charge in [0.25, 0.3) is 0 Å². The smallest absolute Gasteiger partial charge is 0.129 e. The topological polar surface area (TPSA) is 49.8 Å². The van der Waals surface area contributed by atoms with Crippen LogP contribution < -0.4 is 0 Å². The molecule has 1 N–H and O–H groups in total. The molecule has 17 heavy (non-hydrogen) atoms. The minimum atomic E-state index is -0.287. The lowest BCUT2D eigenvalue weighted by molar-refractivity contribution is -0.118. The van der Waals surface area contributed by atoms with Crippen molar-refractivity contribution in [2.75, 3.05) is 32.9 Å². The largest absolute Gasteiger partial charge is 0.396 e. The molecule has 0 amide bonds. The lowest BCUT2D eigenvalue weighted by Crippen LogP contribution is -2.47. The predicted molar refractivity (Wildman–Crippen MR) is 64.8 cm³/mol. The summed E-state index contributed by atoms with van der Waals surface area (Å²) < 4.78 is 5.38. The van der Waals surface area contributed by atoms with Crippen LogP contribution in [0.5, 0.6) is 0 Å². The van der Waals surface area contributed by atoms with Gasteiger partial charge in [0.05, 0.1) is 12.0 Å². The molecule has 0 saturated carbocycles. The highest BCUT2D eigenvalue weighted by atomic mass is 16.5. The zero-order valence-electron chi connectivity index (χ0n) is 10.4. The Labute approximate surface area is 103 Å². The lowest BCUT2D eigenvalue weighted by Gasteiger charge is -2.39. The molecule has 4 nitrogen and oxygen atoms in total. The highest BCUT2D eigenvalue weighted by Crippen LogP contribution is 2.30. The molecule has 0 radical (unpaired) electrons. The zero-order valence-corrected chi connectivity index (χ0v) is 10.4. The van der Waals surface area contributed by atoms with E-state index in [4.69, 9.17) is 9.84 Å². The molecule has 98 valence electrons. The van der Waals surface area contributed by atoms with Crippen molar-refractivity contribution in [3.05, 3.63) is 0 Å². The van der Waals surface area contributed by atoms with Crippen molar-refractivity contribution < 1.29 is 14.6 Å². The second-order valence-corrected chi connectivity index (χ2v) is 5.42. The minimum absolute atomic E-state index is 0.242. The third-order valence-electron chi connectivity index (χ3n) is 4.11. The van der Waals surface area contributed by atoms with Crippen LogP contribution in [0, 0.1) is 5.41 Å². The Balaban J connectivity index is 1.96. The maximum atomic E-state index is 11.3. The van der Waals surface area contributed by atoms with Gasteiger partial charge >= 0.3 is 0 Å². The van der Waals surface area contributed by atoms with Crippen LogP contribution in [0.1, 0.15) is 32.1 Å². The van der Waals surface area contributed by atoms with Crippen molar-refractivity contribution in [2.24, 2.45) is 5.41 Å². The van der Waals surface area contributed by atoms with Gasteiger partial charge in [0.15, 0.2) is 0 Å². The number of ether oxygens (including phenoxy) is 1. The van der Waals surface area contributed by atoms with Crippen LogP contribution in [-0.2, 0) is 9.53 Å². The highest BCUT2D eigenvalue weighted by Gasteiger charge is 2.38. The van der Waals surface area contributed by atoms with Gasteiger partial charge in [-0.3, -0.25) is 4.90 Å². The predicted octanol–water partition coefficient (Wildman–Crippen LogP) is 0.829. The average Bonchev–Trinajstić information content (AvgIpc) is 2.81. The zero-order chi connectivity index (χ0) is 12.1. The van der Waals surface area contributed by atoms with Crippen LogP contribution in [-0.4, -0.2) is 55.2 Å². The van der Waals surface area contributed by atoms with Crippen molar-refractivity contribution in [3.8, 4) is 0 Å². The summed E-state index contributed by atoms with van der Waals surface area (Å²) in [6.45, 7) is 3.38. The molecule has 0 bridgehead atoms. The first-order chi connectivity index (χ1) is 8.29. The van der Waals surface area contributed by atoms with Crippen LogP contribution in [0.3, 0.4) is 0 Å². The molecule has 2 aliphatic rings. The molecule has 4 heteroatoms. The number of rotatable bonds is 5. The average molecular weight is 241 g/mol. The summed E-state index contributed by atoms with van der Waals surface area (Å²) in [6.07, 6.45) is 6.36. The summed E-state index contributed by atoms with van der Waals surface area (Å²) in [4.78, 5) is 13.7. The monoisotopic (exact) mass is 241 g/mol. The number of piperidine rings is 1. The Bertz CT molecular complexity index is 249. The Morgan fingerprint density at radius 2 is 2.35 bits per heavy atom. The fourth-order valence-corrected chi connectivity index (χ4v) is 3.03. The van der Waals surface area contributed by atoms with E-state index in [2.05, 4.69) is 4.90 Å². The van der Waals surface area contributed by atoms with Gasteiger partial charge < -0.3 is 14.6 Å². The van der Waals surface area contributed by atoms with Crippen LogP contribution in [0.15, 0.2) is 0 Å². The minimum Gasteiger partial charge on any atom is -0.396 e. The van der Waals surface area contributed by atoms with E-state index in [0.717, 1.165) is 38.6 Å². The molecule has 2 saturated heterocycles. The molecule has 2 fully saturated rings. The Morgan fingerprint density at radius 1 is 1.47 bits per heavy atom. The highest BCUT2D eigenvalue weighted by molar-refractivity contribution is 5.60. The molecule has 2 rings (SSSR count). The maximum Gasteiger partial charge on any atom is 0.129 e. The second-order valence-electron chi connectivity index (χ2n) is 5.42. The van der Waals surface area contributed by atoms with Crippen LogP contribution in [0.4, 0.5) is 0 Å². The second kappa shape index (κ2) is 5.94. The van der Waals surface area contributed by atoms with Crippen LogP contribution >= 0.6 is 0 Å². The molecule has 0 aromatic rings. The summed E-state index contributed by atoms with van der Waals surface area (Å²) in [5.74, 6) is 0. The Hall–Kier alpha value is -0.450. The van der Waals surface area contributed by atoms with Crippen molar-refractivity contribution in [1.29, 1.82) is 0 Å². The van der Waals surface area contributed by atoms with Gasteiger partial charge in [-0.15, -0.1) is 0 Å². The molecular formula is C13H23NO3. The van der Waals surface area contributed by atoms with E-state index < -0.39 is 0 Å². The molecule has 0 aromatic heterocycles. The summed E-state index contributed by atoms with van der Waals surface area (Å²) in [5, 5.41) is 9.10. The van der Waals surface area contributed by atoms with E-state index in [1.54, 1.807) is 0 Å².